The molecule has 17 heavy (non-hydrogen) atoms. The van der Waals surface area contributed by atoms with E-state index in [4.69, 9.17) is 4.74 Å². The van der Waals surface area contributed by atoms with Crippen molar-refractivity contribution in [2.75, 3.05) is 39.9 Å². The molecule has 0 unspecified atom stereocenters. The molecule has 1 heterocycles. The maximum absolute atomic E-state index is 5.38. The molecule has 0 aromatic rings. The highest BCUT2D eigenvalue weighted by atomic mass is 16.5. The van der Waals surface area contributed by atoms with Crippen LogP contribution in [0.2, 0.25) is 0 Å². The molecule has 1 rings (SSSR count). The lowest BCUT2D eigenvalue weighted by atomic mass is 10.00. The van der Waals surface area contributed by atoms with Gasteiger partial charge in [0.2, 0.25) is 0 Å². The maximum atomic E-state index is 5.38. The van der Waals surface area contributed by atoms with Crippen LogP contribution in [0.1, 0.15) is 26.7 Å². The average molecular weight is 240 g/mol. The van der Waals surface area contributed by atoms with E-state index in [9.17, 15) is 0 Å². The Hall–Kier alpha value is -0.380. The minimum Gasteiger partial charge on any atom is -0.381 e. The highest BCUT2D eigenvalue weighted by Gasteiger charge is 2.15. The van der Waals surface area contributed by atoms with Crippen molar-refractivity contribution >= 4 is 0 Å². The first kappa shape index (κ1) is 14.7. The van der Waals surface area contributed by atoms with E-state index in [1.54, 1.807) is 0 Å². The Balaban J connectivity index is 2.14. The summed E-state index contributed by atoms with van der Waals surface area (Å²) in [5.74, 6) is 0.805. The van der Waals surface area contributed by atoms with Gasteiger partial charge in [0.05, 0.1) is 0 Å². The van der Waals surface area contributed by atoms with Crippen molar-refractivity contribution in [3.05, 3.63) is 12.2 Å². The van der Waals surface area contributed by atoms with Gasteiger partial charge in [0.15, 0.2) is 0 Å². The average Bonchev–Trinajstić information content (AvgIpc) is 2.27. The second kappa shape index (κ2) is 7.85. The van der Waals surface area contributed by atoms with Crippen LogP contribution < -0.4 is 5.32 Å². The number of nitrogens with one attached hydrogen (secondary N) is 1. The number of hydrogen-bond acceptors (Lipinski definition) is 3. The first-order valence-corrected chi connectivity index (χ1v) is 6.74. The van der Waals surface area contributed by atoms with Crippen molar-refractivity contribution in [3.8, 4) is 0 Å². The van der Waals surface area contributed by atoms with Crippen LogP contribution in [0.3, 0.4) is 0 Å². The molecule has 1 N–H and O–H groups in total. The third-order valence-corrected chi connectivity index (χ3v) is 3.16. The molecule has 1 aliphatic heterocycles. The summed E-state index contributed by atoms with van der Waals surface area (Å²) in [7, 11) is 2.19. The van der Waals surface area contributed by atoms with Gasteiger partial charge in [0.25, 0.3) is 0 Å². The number of nitrogens with zero attached hydrogens (tertiary/aromatic N) is 1. The van der Waals surface area contributed by atoms with Crippen molar-refractivity contribution in [1.82, 2.24) is 10.2 Å². The molecule has 0 aromatic carbocycles. The molecular formula is C14H28N2O. The molecule has 3 heteroatoms. The fourth-order valence-electron chi connectivity index (χ4n) is 2.22. The molecule has 0 aliphatic carbocycles. The molecule has 1 saturated heterocycles. The minimum absolute atomic E-state index is 0.535. The molecule has 0 bridgehead atoms. The van der Waals surface area contributed by atoms with E-state index in [-0.39, 0.29) is 0 Å². The molecule has 0 radical (unpaired) electrons. The van der Waals surface area contributed by atoms with Crippen LogP contribution in [-0.2, 0) is 4.74 Å². The van der Waals surface area contributed by atoms with Crippen LogP contribution in [0.4, 0.5) is 0 Å². The second-order valence-electron chi connectivity index (χ2n) is 5.54. The maximum Gasteiger partial charge on any atom is 0.0469 e. The summed E-state index contributed by atoms with van der Waals surface area (Å²) < 4.78 is 5.38. The highest BCUT2D eigenvalue weighted by molar-refractivity contribution is 4.99. The van der Waals surface area contributed by atoms with Gasteiger partial charge >= 0.3 is 0 Å². The summed E-state index contributed by atoms with van der Waals surface area (Å²) in [6.45, 7) is 13.4. The molecule has 1 fully saturated rings. The number of rotatable bonds is 7. The standard InChI is InChI=1S/C14H28N2O/c1-12(2)15-9-13(3)10-16(4)11-14-5-7-17-8-6-14/h12,14-15H,3,5-11H2,1-2,4H3. The van der Waals surface area contributed by atoms with Gasteiger partial charge < -0.3 is 15.0 Å². The molecule has 0 spiro atoms. The summed E-state index contributed by atoms with van der Waals surface area (Å²) in [4.78, 5) is 2.39. The van der Waals surface area contributed by atoms with Gasteiger partial charge in [-0.15, -0.1) is 0 Å². The fraction of sp³-hybridized carbons (Fsp3) is 0.857. The summed E-state index contributed by atoms with van der Waals surface area (Å²) in [5, 5.41) is 3.41. The van der Waals surface area contributed by atoms with Crippen LogP contribution in [0.25, 0.3) is 0 Å². The molecule has 1 aliphatic rings. The fourth-order valence-corrected chi connectivity index (χ4v) is 2.22. The van der Waals surface area contributed by atoms with Crippen LogP contribution in [0, 0.1) is 5.92 Å². The van der Waals surface area contributed by atoms with E-state index >= 15 is 0 Å². The Labute approximate surface area is 106 Å². The topological polar surface area (TPSA) is 24.5 Å². The van der Waals surface area contributed by atoms with Gasteiger partial charge in [-0.25, -0.2) is 0 Å². The molecule has 3 nitrogen and oxygen atoms in total. The van der Waals surface area contributed by atoms with Crippen LogP contribution in [0.15, 0.2) is 12.2 Å². The SMILES string of the molecule is C=C(CNC(C)C)CN(C)CC1CCOCC1. The van der Waals surface area contributed by atoms with Gasteiger partial charge in [0, 0.05) is 38.9 Å². The summed E-state index contributed by atoms with van der Waals surface area (Å²) in [5.41, 5.74) is 1.27. The summed E-state index contributed by atoms with van der Waals surface area (Å²) in [6.07, 6.45) is 2.42. The molecule has 0 saturated carbocycles. The Bertz CT molecular complexity index is 222. The van der Waals surface area contributed by atoms with E-state index in [1.807, 2.05) is 0 Å². The van der Waals surface area contributed by atoms with Crippen molar-refractivity contribution in [2.24, 2.45) is 5.92 Å². The lowest BCUT2D eigenvalue weighted by Crippen LogP contribution is -2.33. The molecule has 0 amide bonds. The first-order valence-electron chi connectivity index (χ1n) is 6.74. The monoisotopic (exact) mass is 240 g/mol. The lowest BCUT2D eigenvalue weighted by molar-refractivity contribution is 0.0566. The zero-order valence-corrected chi connectivity index (χ0v) is 11.7. The Morgan fingerprint density at radius 2 is 2.06 bits per heavy atom. The summed E-state index contributed by atoms with van der Waals surface area (Å²) >= 11 is 0. The minimum atomic E-state index is 0.535. The van der Waals surface area contributed by atoms with E-state index in [0.29, 0.717) is 6.04 Å². The van der Waals surface area contributed by atoms with Gasteiger partial charge in [-0.3, -0.25) is 0 Å². The Morgan fingerprint density at radius 3 is 2.65 bits per heavy atom. The van der Waals surface area contributed by atoms with E-state index < -0.39 is 0 Å². The van der Waals surface area contributed by atoms with Crippen molar-refractivity contribution in [1.29, 1.82) is 0 Å². The number of likely N-dealkylation sites (N-methyl/N-ethyl adjacent to an activating group) is 1. The predicted octanol–water partition coefficient (Wildman–Crippen LogP) is 1.90. The van der Waals surface area contributed by atoms with Crippen LogP contribution in [0.5, 0.6) is 0 Å². The summed E-state index contributed by atoms with van der Waals surface area (Å²) in [6, 6.07) is 0.535. The van der Waals surface area contributed by atoms with Crippen LogP contribution >= 0.6 is 0 Å². The van der Waals surface area contributed by atoms with Gasteiger partial charge in [0.1, 0.15) is 0 Å². The molecule has 0 atom stereocenters. The lowest BCUT2D eigenvalue weighted by Gasteiger charge is -2.27. The zero-order chi connectivity index (χ0) is 12.7. The third-order valence-electron chi connectivity index (χ3n) is 3.16. The normalized spacial score (nSPS) is 17.9. The third kappa shape index (κ3) is 6.81. The second-order valence-corrected chi connectivity index (χ2v) is 5.54. The van der Waals surface area contributed by atoms with Gasteiger partial charge in [-0.1, -0.05) is 20.4 Å². The number of ether oxygens (including phenoxy) is 1. The molecule has 0 aromatic heterocycles. The zero-order valence-electron chi connectivity index (χ0n) is 11.7. The van der Waals surface area contributed by atoms with Crippen molar-refractivity contribution in [3.63, 3.8) is 0 Å². The van der Waals surface area contributed by atoms with Crippen molar-refractivity contribution in [2.45, 2.75) is 32.7 Å². The first-order chi connectivity index (χ1) is 8.08. The smallest absolute Gasteiger partial charge is 0.0469 e. The van der Waals surface area contributed by atoms with E-state index in [2.05, 4.69) is 37.7 Å². The molecule has 100 valence electrons. The highest BCUT2D eigenvalue weighted by Crippen LogP contribution is 2.15. The van der Waals surface area contributed by atoms with Crippen molar-refractivity contribution < 1.29 is 4.74 Å². The Kier molecular flexibility index (Phi) is 6.78. The van der Waals surface area contributed by atoms with Gasteiger partial charge in [-0.05, 0) is 31.4 Å². The van der Waals surface area contributed by atoms with Crippen LogP contribution in [-0.4, -0.2) is 50.8 Å². The quantitative estimate of drug-likeness (QED) is 0.688. The van der Waals surface area contributed by atoms with Gasteiger partial charge in [-0.2, -0.15) is 0 Å². The molecular weight excluding hydrogens is 212 g/mol. The largest absolute Gasteiger partial charge is 0.381 e. The van der Waals surface area contributed by atoms with E-state index in [1.165, 1.54) is 25.0 Å². The predicted molar refractivity (Wildman–Crippen MR) is 73.3 cm³/mol. The Morgan fingerprint density at radius 1 is 1.41 bits per heavy atom. The number of hydrogen-bond donors (Lipinski definition) is 1. The van der Waals surface area contributed by atoms with E-state index in [0.717, 1.165) is 32.2 Å².